The van der Waals surface area contributed by atoms with Crippen molar-refractivity contribution in [1.29, 1.82) is 0 Å². The van der Waals surface area contributed by atoms with Crippen molar-refractivity contribution in [2.24, 2.45) is 0 Å². The number of thiol groups is 1. The molecule has 0 atom stereocenters. The van der Waals surface area contributed by atoms with E-state index in [-0.39, 0.29) is 5.97 Å². The van der Waals surface area contributed by atoms with Crippen molar-refractivity contribution in [3.63, 3.8) is 0 Å². The van der Waals surface area contributed by atoms with Crippen LogP contribution in [0.5, 0.6) is 0 Å². The molecule has 0 saturated carbocycles. The van der Waals surface area contributed by atoms with Gasteiger partial charge in [0.1, 0.15) is 0 Å². The van der Waals surface area contributed by atoms with Crippen LogP contribution in [0.1, 0.15) is 19.4 Å². The summed E-state index contributed by atoms with van der Waals surface area (Å²) in [7, 11) is 0. The Morgan fingerprint density at radius 1 is 1.53 bits per heavy atom. The maximum absolute atomic E-state index is 11.2. The van der Waals surface area contributed by atoms with Gasteiger partial charge in [-0.05, 0) is 38.5 Å². The molecule has 1 rings (SSSR count). The second-order valence-electron chi connectivity index (χ2n) is 3.73. The van der Waals surface area contributed by atoms with Gasteiger partial charge in [-0.15, -0.1) is 12.6 Å². The third-order valence-electron chi connectivity index (χ3n) is 2.11. The van der Waals surface area contributed by atoms with E-state index in [9.17, 15) is 4.79 Å². The highest BCUT2D eigenvalue weighted by Crippen LogP contribution is 2.22. The third-order valence-corrected chi connectivity index (χ3v) is 2.48. The summed E-state index contributed by atoms with van der Waals surface area (Å²) in [6.07, 6.45) is 1.43. The molecule has 0 unspecified atom stereocenters. The van der Waals surface area contributed by atoms with E-state index in [1.807, 2.05) is 32.0 Å². The van der Waals surface area contributed by atoms with Crippen LogP contribution < -0.4 is 5.32 Å². The summed E-state index contributed by atoms with van der Waals surface area (Å²) in [5.41, 5.74) is 2.74. The standard InChI is InChI=1S/C13H17NO2S/c1-4-16-13(15)8-10(3)14-11-6-5-9(2)7-12(11)17/h5-8,14,17H,4H2,1-3H3/b10-8+. The average Bonchev–Trinajstić information content (AvgIpc) is 2.22. The Bertz CT molecular complexity index is 441. The minimum Gasteiger partial charge on any atom is -0.463 e. The molecule has 0 fully saturated rings. The molecule has 92 valence electrons. The second-order valence-corrected chi connectivity index (χ2v) is 4.21. The Hall–Kier alpha value is -1.42. The Kier molecular flexibility index (Phi) is 5.10. The molecular formula is C13H17NO2S. The Labute approximate surface area is 107 Å². The van der Waals surface area contributed by atoms with Crippen LogP contribution in [0.4, 0.5) is 5.69 Å². The van der Waals surface area contributed by atoms with Crippen molar-refractivity contribution in [3.05, 3.63) is 35.5 Å². The van der Waals surface area contributed by atoms with Gasteiger partial charge in [-0.25, -0.2) is 4.79 Å². The van der Waals surface area contributed by atoms with E-state index in [0.29, 0.717) is 6.61 Å². The number of ether oxygens (including phenoxy) is 1. The number of anilines is 1. The molecule has 3 nitrogen and oxygen atoms in total. The fourth-order valence-electron chi connectivity index (χ4n) is 1.36. The zero-order chi connectivity index (χ0) is 12.8. The van der Waals surface area contributed by atoms with Crippen LogP contribution in [0.2, 0.25) is 0 Å². The van der Waals surface area contributed by atoms with E-state index in [0.717, 1.165) is 21.8 Å². The van der Waals surface area contributed by atoms with Crippen LogP contribution in [0.25, 0.3) is 0 Å². The molecule has 0 aliphatic heterocycles. The molecule has 1 aromatic carbocycles. The molecule has 0 aromatic heterocycles. The number of esters is 1. The molecule has 4 heteroatoms. The predicted molar refractivity (Wildman–Crippen MR) is 72.4 cm³/mol. The summed E-state index contributed by atoms with van der Waals surface area (Å²) in [6.45, 7) is 5.97. The van der Waals surface area contributed by atoms with Gasteiger partial charge in [0.05, 0.1) is 12.3 Å². The molecule has 0 spiro atoms. The number of aryl methyl sites for hydroxylation is 1. The lowest BCUT2D eigenvalue weighted by molar-refractivity contribution is -0.137. The molecule has 0 saturated heterocycles. The number of benzene rings is 1. The first-order valence-corrected chi connectivity index (χ1v) is 5.89. The number of rotatable bonds is 4. The molecule has 1 N–H and O–H groups in total. The molecule has 0 radical (unpaired) electrons. The van der Waals surface area contributed by atoms with Gasteiger partial charge < -0.3 is 10.1 Å². The Morgan fingerprint density at radius 2 is 2.24 bits per heavy atom. The Morgan fingerprint density at radius 3 is 2.82 bits per heavy atom. The van der Waals surface area contributed by atoms with Crippen LogP contribution in [0.3, 0.4) is 0 Å². The SMILES string of the molecule is CCOC(=O)/C=C(\C)Nc1ccc(C)cc1S. The van der Waals surface area contributed by atoms with Gasteiger partial charge >= 0.3 is 5.97 Å². The van der Waals surface area contributed by atoms with Crippen molar-refractivity contribution >= 4 is 24.3 Å². The second kappa shape index (κ2) is 6.35. The number of hydrogen-bond donors (Lipinski definition) is 2. The first-order valence-electron chi connectivity index (χ1n) is 5.44. The predicted octanol–water partition coefficient (Wildman–Crippen LogP) is 3.16. The smallest absolute Gasteiger partial charge is 0.332 e. The van der Waals surface area contributed by atoms with E-state index in [1.54, 1.807) is 6.92 Å². The van der Waals surface area contributed by atoms with Gasteiger partial charge in [-0.3, -0.25) is 0 Å². The van der Waals surface area contributed by atoms with E-state index < -0.39 is 0 Å². The first-order chi connectivity index (χ1) is 8.02. The number of allylic oxidation sites excluding steroid dienone is 1. The number of carbonyl (C=O) groups excluding carboxylic acids is 1. The van der Waals surface area contributed by atoms with Crippen LogP contribution in [0, 0.1) is 6.92 Å². The maximum atomic E-state index is 11.2. The molecule has 1 aromatic rings. The molecule has 0 aliphatic rings. The topological polar surface area (TPSA) is 38.3 Å². The zero-order valence-corrected chi connectivity index (χ0v) is 11.2. The fraction of sp³-hybridized carbons (Fsp3) is 0.308. The number of hydrogen-bond acceptors (Lipinski definition) is 4. The van der Waals surface area contributed by atoms with Gasteiger partial charge in [0.15, 0.2) is 0 Å². The normalized spacial score (nSPS) is 11.2. The summed E-state index contributed by atoms with van der Waals surface area (Å²) in [4.78, 5) is 12.1. The number of nitrogens with one attached hydrogen (secondary N) is 1. The summed E-state index contributed by atoms with van der Waals surface area (Å²) in [5, 5.41) is 3.11. The highest BCUT2D eigenvalue weighted by Gasteiger charge is 2.01. The number of carbonyl (C=O) groups is 1. The highest BCUT2D eigenvalue weighted by atomic mass is 32.1. The molecule has 0 bridgehead atoms. The Balaban J connectivity index is 2.74. The molecule has 0 aliphatic carbocycles. The molecule has 17 heavy (non-hydrogen) atoms. The minimum atomic E-state index is -0.342. The van der Waals surface area contributed by atoms with Crippen molar-refractivity contribution in [2.75, 3.05) is 11.9 Å². The van der Waals surface area contributed by atoms with Crippen molar-refractivity contribution in [1.82, 2.24) is 0 Å². The minimum absolute atomic E-state index is 0.342. The lowest BCUT2D eigenvalue weighted by Crippen LogP contribution is -2.04. The molecular weight excluding hydrogens is 234 g/mol. The maximum Gasteiger partial charge on any atom is 0.332 e. The first kappa shape index (κ1) is 13.6. The summed E-state index contributed by atoms with van der Waals surface area (Å²) in [5.74, 6) is -0.342. The summed E-state index contributed by atoms with van der Waals surface area (Å²) >= 11 is 4.37. The van der Waals surface area contributed by atoms with Crippen molar-refractivity contribution in [3.8, 4) is 0 Å². The fourth-order valence-corrected chi connectivity index (χ4v) is 1.69. The van der Waals surface area contributed by atoms with Crippen LogP contribution in [-0.4, -0.2) is 12.6 Å². The monoisotopic (exact) mass is 251 g/mol. The van der Waals surface area contributed by atoms with E-state index in [4.69, 9.17) is 4.74 Å². The van der Waals surface area contributed by atoms with Gasteiger partial charge in [-0.1, -0.05) is 6.07 Å². The van der Waals surface area contributed by atoms with Crippen molar-refractivity contribution in [2.45, 2.75) is 25.7 Å². The lowest BCUT2D eigenvalue weighted by atomic mass is 10.2. The summed E-state index contributed by atoms with van der Waals surface area (Å²) in [6, 6.07) is 5.88. The van der Waals surface area contributed by atoms with Crippen LogP contribution >= 0.6 is 12.6 Å². The quantitative estimate of drug-likeness (QED) is 0.490. The van der Waals surface area contributed by atoms with Gasteiger partial charge in [0.25, 0.3) is 0 Å². The van der Waals surface area contributed by atoms with E-state index >= 15 is 0 Å². The lowest BCUT2D eigenvalue weighted by Gasteiger charge is -2.09. The van der Waals surface area contributed by atoms with Crippen LogP contribution in [-0.2, 0) is 9.53 Å². The molecule has 0 heterocycles. The van der Waals surface area contributed by atoms with Gasteiger partial charge in [0, 0.05) is 16.7 Å². The average molecular weight is 251 g/mol. The van der Waals surface area contributed by atoms with Gasteiger partial charge in [-0.2, -0.15) is 0 Å². The summed E-state index contributed by atoms with van der Waals surface area (Å²) < 4.78 is 4.83. The molecule has 0 amide bonds. The van der Waals surface area contributed by atoms with Crippen LogP contribution in [0.15, 0.2) is 34.9 Å². The highest BCUT2D eigenvalue weighted by molar-refractivity contribution is 7.80. The third kappa shape index (κ3) is 4.53. The zero-order valence-electron chi connectivity index (χ0n) is 10.3. The van der Waals surface area contributed by atoms with Gasteiger partial charge in [0.2, 0.25) is 0 Å². The van der Waals surface area contributed by atoms with E-state index in [2.05, 4.69) is 17.9 Å². The largest absolute Gasteiger partial charge is 0.463 e. The van der Waals surface area contributed by atoms with E-state index in [1.165, 1.54) is 6.08 Å². The van der Waals surface area contributed by atoms with Crippen molar-refractivity contribution < 1.29 is 9.53 Å².